The van der Waals surface area contributed by atoms with E-state index in [1.165, 1.54) is 38.8 Å². The minimum atomic E-state index is 0.673. The van der Waals surface area contributed by atoms with Gasteiger partial charge in [-0.25, -0.2) is 0 Å². The highest BCUT2D eigenvalue weighted by Gasteiger charge is 2.23. The molecule has 0 amide bonds. The molecule has 0 radical (unpaired) electrons. The second-order valence-electron chi connectivity index (χ2n) is 4.69. The van der Waals surface area contributed by atoms with E-state index >= 15 is 0 Å². The third-order valence-electron chi connectivity index (χ3n) is 3.20. The summed E-state index contributed by atoms with van der Waals surface area (Å²) in [5, 5.41) is 4.30. The maximum Gasteiger partial charge on any atom is 0.168 e. The molecule has 0 spiro atoms. The molecule has 2 aliphatic rings. The molecule has 1 aliphatic heterocycles. The van der Waals surface area contributed by atoms with Crippen molar-refractivity contribution in [1.29, 1.82) is 0 Å². The van der Waals surface area contributed by atoms with Crippen LogP contribution in [-0.2, 0) is 0 Å². The molecule has 0 aromatic carbocycles. The molecule has 1 saturated heterocycles. The van der Waals surface area contributed by atoms with E-state index in [2.05, 4.69) is 22.2 Å². The lowest BCUT2D eigenvalue weighted by Crippen LogP contribution is -2.41. The van der Waals surface area contributed by atoms with Crippen LogP contribution in [0.5, 0.6) is 0 Å². The van der Waals surface area contributed by atoms with Gasteiger partial charge in [-0.1, -0.05) is 0 Å². The van der Waals surface area contributed by atoms with Gasteiger partial charge in [0.15, 0.2) is 5.11 Å². The maximum atomic E-state index is 5.33. The molecule has 1 aliphatic carbocycles. The summed E-state index contributed by atoms with van der Waals surface area (Å²) in [4.78, 5) is 4.70. The van der Waals surface area contributed by atoms with Crippen LogP contribution in [0.2, 0.25) is 0 Å². The van der Waals surface area contributed by atoms with Crippen LogP contribution in [0.4, 0.5) is 0 Å². The number of thiocarbonyl (C=S) groups is 1. The Bertz CT molecular complexity index is 222. The first kappa shape index (κ1) is 11.1. The molecule has 0 unspecified atom stereocenters. The van der Waals surface area contributed by atoms with Crippen molar-refractivity contribution in [1.82, 2.24) is 15.1 Å². The van der Waals surface area contributed by atoms with E-state index < -0.39 is 0 Å². The summed E-state index contributed by atoms with van der Waals surface area (Å²) >= 11 is 5.33. The summed E-state index contributed by atoms with van der Waals surface area (Å²) in [6.07, 6.45) is 5.32. The summed E-state index contributed by atoms with van der Waals surface area (Å²) < 4.78 is 0. The largest absolute Gasteiger partial charge is 0.360 e. The zero-order valence-electron chi connectivity index (χ0n) is 9.54. The van der Waals surface area contributed by atoms with Crippen LogP contribution in [0.15, 0.2) is 0 Å². The third-order valence-corrected chi connectivity index (χ3v) is 3.63. The minimum Gasteiger partial charge on any atom is -0.360 e. The van der Waals surface area contributed by atoms with Gasteiger partial charge < -0.3 is 15.1 Å². The van der Waals surface area contributed by atoms with Crippen molar-refractivity contribution in [2.24, 2.45) is 0 Å². The van der Waals surface area contributed by atoms with Gasteiger partial charge in [-0.05, 0) is 51.0 Å². The second-order valence-corrected chi connectivity index (χ2v) is 5.08. The van der Waals surface area contributed by atoms with Crippen LogP contribution in [0, 0.1) is 0 Å². The van der Waals surface area contributed by atoms with Crippen molar-refractivity contribution in [2.45, 2.75) is 31.7 Å². The van der Waals surface area contributed by atoms with Crippen molar-refractivity contribution < 1.29 is 0 Å². The maximum absolute atomic E-state index is 5.33. The van der Waals surface area contributed by atoms with Crippen LogP contribution in [0.1, 0.15) is 25.7 Å². The van der Waals surface area contributed by atoms with Crippen molar-refractivity contribution in [3.63, 3.8) is 0 Å². The average molecular weight is 227 g/mol. The lowest BCUT2D eigenvalue weighted by Gasteiger charge is -2.24. The van der Waals surface area contributed by atoms with Crippen LogP contribution in [-0.4, -0.2) is 54.2 Å². The van der Waals surface area contributed by atoms with E-state index in [0.717, 1.165) is 18.2 Å². The molecule has 86 valence electrons. The predicted octanol–water partition coefficient (Wildman–Crippen LogP) is 1.05. The fourth-order valence-corrected chi connectivity index (χ4v) is 2.17. The summed E-state index contributed by atoms with van der Waals surface area (Å²) in [6.45, 7) is 4.76. The van der Waals surface area contributed by atoms with Gasteiger partial charge in [0.25, 0.3) is 0 Å². The van der Waals surface area contributed by atoms with E-state index in [4.69, 9.17) is 12.2 Å². The summed E-state index contributed by atoms with van der Waals surface area (Å²) in [7, 11) is 2.09. The number of likely N-dealkylation sites (N-methyl/N-ethyl adjacent to an activating group) is 1. The minimum absolute atomic E-state index is 0.673. The smallest absolute Gasteiger partial charge is 0.168 e. The number of hydrogen-bond donors (Lipinski definition) is 1. The number of rotatable bonds is 4. The van der Waals surface area contributed by atoms with Gasteiger partial charge in [0.1, 0.15) is 0 Å². The SMILES string of the molecule is CN(CCN1CCCC1)C(=S)NC1CC1. The van der Waals surface area contributed by atoms with Crippen molar-refractivity contribution in [2.75, 3.05) is 33.2 Å². The predicted molar refractivity (Wildman–Crippen MR) is 67.1 cm³/mol. The first-order valence-electron chi connectivity index (χ1n) is 6.00. The molecule has 1 heterocycles. The monoisotopic (exact) mass is 227 g/mol. The van der Waals surface area contributed by atoms with Crippen LogP contribution >= 0.6 is 12.2 Å². The van der Waals surface area contributed by atoms with Crippen LogP contribution < -0.4 is 5.32 Å². The highest BCUT2D eigenvalue weighted by molar-refractivity contribution is 7.80. The Hall–Kier alpha value is -0.350. The van der Waals surface area contributed by atoms with E-state index in [0.29, 0.717) is 6.04 Å². The van der Waals surface area contributed by atoms with Gasteiger partial charge in [-0.3, -0.25) is 0 Å². The normalized spacial score (nSPS) is 21.7. The number of nitrogens with zero attached hydrogens (tertiary/aromatic N) is 2. The van der Waals surface area contributed by atoms with Crippen molar-refractivity contribution in [3.05, 3.63) is 0 Å². The van der Waals surface area contributed by atoms with E-state index in [-0.39, 0.29) is 0 Å². The Labute approximate surface area is 97.8 Å². The third kappa shape index (κ3) is 3.61. The van der Waals surface area contributed by atoms with Gasteiger partial charge in [-0.2, -0.15) is 0 Å². The summed E-state index contributed by atoms with van der Waals surface area (Å²) in [5.74, 6) is 0. The molecule has 0 aromatic heterocycles. The van der Waals surface area contributed by atoms with Gasteiger partial charge in [0.05, 0.1) is 0 Å². The first-order chi connectivity index (χ1) is 7.25. The average Bonchev–Trinajstić information content (AvgIpc) is 2.88. The quantitative estimate of drug-likeness (QED) is 0.723. The molecule has 3 nitrogen and oxygen atoms in total. The number of likely N-dealkylation sites (tertiary alicyclic amines) is 1. The fourth-order valence-electron chi connectivity index (χ4n) is 1.91. The molecule has 0 aromatic rings. The van der Waals surface area contributed by atoms with Gasteiger partial charge >= 0.3 is 0 Å². The number of nitrogens with one attached hydrogen (secondary N) is 1. The zero-order chi connectivity index (χ0) is 10.7. The Morgan fingerprint density at radius 3 is 2.67 bits per heavy atom. The molecule has 1 N–H and O–H groups in total. The standard InChI is InChI=1S/C11H21N3S/c1-13(11(15)12-10-4-5-10)8-9-14-6-2-3-7-14/h10H,2-9H2,1H3,(H,12,15). The van der Waals surface area contributed by atoms with Crippen molar-refractivity contribution >= 4 is 17.3 Å². The van der Waals surface area contributed by atoms with E-state index in [1.54, 1.807) is 0 Å². The second kappa shape index (κ2) is 5.12. The number of hydrogen-bond acceptors (Lipinski definition) is 2. The van der Waals surface area contributed by atoms with Crippen LogP contribution in [0.3, 0.4) is 0 Å². The van der Waals surface area contributed by atoms with Gasteiger partial charge in [-0.15, -0.1) is 0 Å². The van der Waals surface area contributed by atoms with E-state index in [9.17, 15) is 0 Å². The molecular weight excluding hydrogens is 206 g/mol. The molecule has 15 heavy (non-hydrogen) atoms. The van der Waals surface area contributed by atoms with Crippen molar-refractivity contribution in [3.8, 4) is 0 Å². The van der Waals surface area contributed by atoms with Gasteiger partial charge in [0.2, 0.25) is 0 Å². The molecule has 2 rings (SSSR count). The first-order valence-corrected chi connectivity index (χ1v) is 6.40. The molecular formula is C11H21N3S. The topological polar surface area (TPSA) is 18.5 Å². The van der Waals surface area contributed by atoms with Gasteiger partial charge in [0, 0.05) is 26.2 Å². The Kier molecular flexibility index (Phi) is 3.81. The summed E-state index contributed by atoms with van der Waals surface area (Å²) in [5.41, 5.74) is 0. The lowest BCUT2D eigenvalue weighted by molar-refractivity contribution is 0.306. The van der Waals surface area contributed by atoms with Crippen LogP contribution in [0.25, 0.3) is 0 Å². The summed E-state index contributed by atoms with van der Waals surface area (Å²) in [6, 6.07) is 0.673. The molecule has 0 bridgehead atoms. The highest BCUT2D eigenvalue weighted by Crippen LogP contribution is 2.18. The molecule has 4 heteroatoms. The molecule has 2 fully saturated rings. The Morgan fingerprint density at radius 1 is 1.40 bits per heavy atom. The zero-order valence-corrected chi connectivity index (χ0v) is 10.4. The Balaban J connectivity index is 1.61. The Morgan fingerprint density at radius 2 is 2.07 bits per heavy atom. The highest BCUT2D eigenvalue weighted by atomic mass is 32.1. The lowest BCUT2D eigenvalue weighted by atomic mass is 10.4. The molecule has 0 atom stereocenters. The van der Waals surface area contributed by atoms with E-state index in [1.807, 2.05) is 0 Å². The molecule has 1 saturated carbocycles. The fraction of sp³-hybridized carbons (Fsp3) is 0.909.